The summed E-state index contributed by atoms with van der Waals surface area (Å²) in [5.74, 6) is -4.28. The molecule has 0 unspecified atom stereocenters. The van der Waals surface area contributed by atoms with Crippen LogP contribution in [0.2, 0.25) is 0 Å². The number of nitrogens with one attached hydrogen (secondary N) is 1. The van der Waals surface area contributed by atoms with Gasteiger partial charge in [-0.25, -0.2) is 17.6 Å². The van der Waals surface area contributed by atoms with Gasteiger partial charge in [0.15, 0.2) is 0 Å². The van der Waals surface area contributed by atoms with Crippen LogP contribution in [0.5, 0.6) is 0 Å². The minimum Gasteiger partial charge on any atom is -0.350 e. The van der Waals surface area contributed by atoms with E-state index in [0.29, 0.717) is 0 Å². The molecule has 0 aromatic heterocycles. The van der Waals surface area contributed by atoms with E-state index in [0.717, 1.165) is 0 Å². The molecule has 0 spiro atoms. The predicted molar refractivity (Wildman–Crippen MR) is 36.7 cm³/mol. The van der Waals surface area contributed by atoms with Crippen LogP contribution in [-0.2, 0) is 4.79 Å². The van der Waals surface area contributed by atoms with Gasteiger partial charge in [0.05, 0.1) is 6.54 Å². The van der Waals surface area contributed by atoms with Crippen LogP contribution in [-0.4, -0.2) is 24.8 Å². The van der Waals surface area contributed by atoms with Gasteiger partial charge in [-0.15, -0.1) is 0 Å². The van der Waals surface area contributed by atoms with Crippen LogP contribution < -0.4 is 5.32 Å². The van der Waals surface area contributed by atoms with Crippen molar-refractivity contribution >= 4 is 5.91 Å². The zero-order chi connectivity index (χ0) is 10.1. The molecule has 0 saturated heterocycles. The number of hydrogen-bond donors (Lipinski definition) is 1. The van der Waals surface area contributed by atoms with E-state index in [4.69, 9.17) is 0 Å². The Morgan fingerprint density at radius 1 is 1.46 bits per heavy atom. The quantitative estimate of drug-likeness (QED) is 0.684. The van der Waals surface area contributed by atoms with E-state index in [1.165, 1.54) is 0 Å². The van der Waals surface area contributed by atoms with Crippen molar-refractivity contribution in [3.63, 3.8) is 0 Å². The number of rotatable bonds is 3. The number of alkyl halides is 4. The molecule has 1 aliphatic carbocycles. The second-order valence-corrected chi connectivity index (χ2v) is 3.10. The van der Waals surface area contributed by atoms with Crippen molar-refractivity contribution < 1.29 is 22.4 Å². The summed E-state index contributed by atoms with van der Waals surface area (Å²) in [5, 5.41) is 1.90. The first-order chi connectivity index (χ1) is 5.91. The Morgan fingerprint density at radius 3 is 2.38 bits per heavy atom. The third-order valence-corrected chi connectivity index (χ3v) is 1.89. The standard InChI is InChI=1S/C7H9F4NO/c8-5(9)3-12-6(13)4-1-7(10,11)2-4/h4-5H,1-3H2,(H,12,13). The Hall–Kier alpha value is -0.810. The van der Waals surface area contributed by atoms with E-state index in [1.54, 1.807) is 0 Å². The van der Waals surface area contributed by atoms with Crippen molar-refractivity contribution in [2.45, 2.75) is 25.2 Å². The van der Waals surface area contributed by atoms with Crippen LogP contribution in [0.4, 0.5) is 17.6 Å². The molecule has 76 valence electrons. The molecule has 1 saturated carbocycles. The Balaban J connectivity index is 2.20. The summed E-state index contributed by atoms with van der Waals surface area (Å²) in [7, 11) is 0. The summed E-state index contributed by atoms with van der Waals surface area (Å²) in [5.41, 5.74) is 0. The van der Waals surface area contributed by atoms with E-state index < -0.39 is 43.6 Å². The van der Waals surface area contributed by atoms with Gasteiger partial charge in [-0.1, -0.05) is 0 Å². The minimum atomic E-state index is -2.78. The normalized spacial score (nSPS) is 21.3. The fourth-order valence-corrected chi connectivity index (χ4v) is 1.17. The number of hydrogen-bond acceptors (Lipinski definition) is 1. The fraction of sp³-hybridized carbons (Fsp3) is 0.857. The van der Waals surface area contributed by atoms with E-state index in [9.17, 15) is 22.4 Å². The van der Waals surface area contributed by atoms with Gasteiger partial charge in [-0.2, -0.15) is 0 Å². The molecular weight excluding hydrogens is 190 g/mol. The number of halogens is 4. The summed E-state index contributed by atoms with van der Waals surface area (Å²) >= 11 is 0. The summed E-state index contributed by atoms with van der Waals surface area (Å²) in [4.78, 5) is 10.8. The molecule has 0 bridgehead atoms. The molecule has 0 aromatic rings. The second kappa shape index (κ2) is 3.51. The third-order valence-electron chi connectivity index (χ3n) is 1.89. The smallest absolute Gasteiger partial charge is 0.255 e. The Labute approximate surface area is 72.3 Å². The molecule has 1 fully saturated rings. The minimum absolute atomic E-state index is 0.526. The van der Waals surface area contributed by atoms with Gasteiger partial charge >= 0.3 is 0 Å². The zero-order valence-electron chi connectivity index (χ0n) is 6.70. The highest BCUT2D eigenvalue weighted by Crippen LogP contribution is 2.42. The first-order valence-corrected chi connectivity index (χ1v) is 3.84. The zero-order valence-corrected chi connectivity index (χ0v) is 6.70. The molecule has 0 aliphatic heterocycles. The molecule has 0 heterocycles. The predicted octanol–water partition coefficient (Wildman–Crippen LogP) is 1.41. The Bertz CT molecular complexity index is 199. The Kier molecular flexibility index (Phi) is 2.77. The Morgan fingerprint density at radius 2 is 2.00 bits per heavy atom. The van der Waals surface area contributed by atoms with Crippen LogP contribution in [0.15, 0.2) is 0 Å². The first-order valence-electron chi connectivity index (χ1n) is 3.84. The SMILES string of the molecule is O=C(NCC(F)F)C1CC(F)(F)C1. The lowest BCUT2D eigenvalue weighted by atomic mass is 9.81. The van der Waals surface area contributed by atoms with Crippen LogP contribution in [0, 0.1) is 5.92 Å². The van der Waals surface area contributed by atoms with E-state index in [-0.39, 0.29) is 0 Å². The molecule has 1 aliphatic rings. The lowest BCUT2D eigenvalue weighted by Gasteiger charge is -2.33. The topological polar surface area (TPSA) is 29.1 Å². The summed E-state index contributed by atoms with van der Waals surface area (Å²) < 4.78 is 47.6. The molecule has 1 N–H and O–H groups in total. The van der Waals surface area contributed by atoms with E-state index in [2.05, 4.69) is 0 Å². The summed E-state index contributed by atoms with van der Waals surface area (Å²) in [6.45, 7) is -0.763. The third kappa shape index (κ3) is 2.86. The first kappa shape index (κ1) is 10.3. The largest absolute Gasteiger partial charge is 0.350 e. The van der Waals surface area contributed by atoms with Crippen molar-refractivity contribution in [1.29, 1.82) is 0 Å². The average Bonchev–Trinajstić information content (AvgIpc) is 1.95. The maximum Gasteiger partial charge on any atom is 0.255 e. The maximum absolute atomic E-state index is 12.2. The number of carbonyl (C=O) groups is 1. The second-order valence-electron chi connectivity index (χ2n) is 3.10. The van der Waals surface area contributed by atoms with Gasteiger partial charge in [-0.3, -0.25) is 4.79 Å². The molecule has 1 rings (SSSR count). The van der Waals surface area contributed by atoms with Crippen LogP contribution in [0.25, 0.3) is 0 Å². The summed E-state index contributed by atoms with van der Waals surface area (Å²) in [6.07, 6.45) is -3.69. The number of amides is 1. The van der Waals surface area contributed by atoms with Gasteiger partial charge in [0.2, 0.25) is 11.8 Å². The van der Waals surface area contributed by atoms with Crippen LogP contribution in [0.3, 0.4) is 0 Å². The van der Waals surface area contributed by atoms with Gasteiger partial charge in [0, 0.05) is 18.8 Å². The monoisotopic (exact) mass is 199 g/mol. The summed E-state index contributed by atoms with van der Waals surface area (Å²) in [6, 6.07) is 0. The molecule has 0 atom stereocenters. The maximum atomic E-state index is 12.2. The molecule has 2 nitrogen and oxygen atoms in total. The fourth-order valence-electron chi connectivity index (χ4n) is 1.17. The highest BCUT2D eigenvalue weighted by atomic mass is 19.3. The lowest BCUT2D eigenvalue weighted by molar-refractivity contribution is -0.150. The average molecular weight is 199 g/mol. The molecule has 0 aromatic carbocycles. The highest BCUT2D eigenvalue weighted by Gasteiger charge is 2.48. The van der Waals surface area contributed by atoms with Crippen molar-refractivity contribution in [2.75, 3.05) is 6.54 Å². The molecule has 6 heteroatoms. The van der Waals surface area contributed by atoms with E-state index >= 15 is 0 Å². The molecule has 1 amide bonds. The van der Waals surface area contributed by atoms with E-state index in [1.807, 2.05) is 5.32 Å². The van der Waals surface area contributed by atoms with Crippen LogP contribution >= 0.6 is 0 Å². The molecular formula is C7H9F4NO. The van der Waals surface area contributed by atoms with Crippen molar-refractivity contribution in [1.82, 2.24) is 5.32 Å². The van der Waals surface area contributed by atoms with Crippen LogP contribution in [0.1, 0.15) is 12.8 Å². The highest BCUT2D eigenvalue weighted by molar-refractivity contribution is 5.79. The number of carbonyl (C=O) groups excluding carboxylic acids is 1. The molecule has 0 radical (unpaired) electrons. The van der Waals surface area contributed by atoms with Gasteiger partial charge < -0.3 is 5.32 Å². The van der Waals surface area contributed by atoms with Crippen molar-refractivity contribution in [3.05, 3.63) is 0 Å². The van der Waals surface area contributed by atoms with Gasteiger partial charge in [-0.05, 0) is 0 Å². The molecule has 13 heavy (non-hydrogen) atoms. The van der Waals surface area contributed by atoms with Crippen molar-refractivity contribution in [2.24, 2.45) is 5.92 Å². The van der Waals surface area contributed by atoms with Gasteiger partial charge in [0.1, 0.15) is 0 Å². The van der Waals surface area contributed by atoms with Crippen molar-refractivity contribution in [3.8, 4) is 0 Å². The lowest BCUT2D eigenvalue weighted by Crippen LogP contribution is -2.45. The van der Waals surface area contributed by atoms with Gasteiger partial charge in [0.25, 0.3) is 6.43 Å².